The average molecular weight is 410 g/mol. The molecular formula is C22H33F2N3O2. The third-order valence-electron chi connectivity index (χ3n) is 4.39. The Morgan fingerprint density at radius 1 is 1.24 bits per heavy atom. The molecule has 0 bridgehead atoms. The molecule has 0 atom stereocenters. The molecule has 7 heteroatoms. The van der Waals surface area contributed by atoms with E-state index in [-0.39, 0.29) is 12.2 Å². The molecule has 0 saturated heterocycles. The highest BCUT2D eigenvalue weighted by Gasteiger charge is 2.25. The standard InChI is InChI=1S/C18H21F2N3O2.2C2H6/c19-18(20)10-23-16(7-9-22-23)14-5-2-1-4-13(14)12-25-17-6-3-8-21-15(17)11-24;2*1-2/h3,6-8,11,18,22H,1-2,4-5,9-10,12H2;2*1-2H3. The lowest BCUT2D eigenvalue weighted by molar-refractivity contribution is 0.0898. The van der Waals surface area contributed by atoms with E-state index in [9.17, 15) is 13.6 Å². The third kappa shape index (κ3) is 7.24. The highest BCUT2D eigenvalue weighted by molar-refractivity contribution is 5.76. The van der Waals surface area contributed by atoms with Crippen molar-refractivity contribution < 1.29 is 18.3 Å². The van der Waals surface area contributed by atoms with Crippen molar-refractivity contribution in [3.05, 3.63) is 46.9 Å². The first-order valence-electron chi connectivity index (χ1n) is 10.4. The normalized spacial score (nSPS) is 15.8. The van der Waals surface area contributed by atoms with Crippen molar-refractivity contribution >= 4 is 6.29 Å². The van der Waals surface area contributed by atoms with Crippen LogP contribution in [0.3, 0.4) is 0 Å². The summed E-state index contributed by atoms with van der Waals surface area (Å²) in [6.45, 7) is 8.56. The minimum Gasteiger partial charge on any atom is -0.487 e. The molecule has 5 nitrogen and oxygen atoms in total. The van der Waals surface area contributed by atoms with E-state index in [4.69, 9.17) is 4.74 Å². The van der Waals surface area contributed by atoms with E-state index in [1.54, 1.807) is 18.3 Å². The zero-order chi connectivity index (χ0) is 21.6. The van der Waals surface area contributed by atoms with Crippen LogP contribution in [0.4, 0.5) is 8.78 Å². The van der Waals surface area contributed by atoms with Crippen molar-refractivity contribution in [2.75, 3.05) is 19.7 Å². The van der Waals surface area contributed by atoms with Gasteiger partial charge in [0.05, 0.1) is 12.2 Å². The maximum Gasteiger partial charge on any atom is 0.257 e. The molecule has 0 unspecified atom stereocenters. The molecule has 1 aromatic rings. The summed E-state index contributed by atoms with van der Waals surface area (Å²) >= 11 is 0. The zero-order valence-electron chi connectivity index (χ0n) is 17.9. The van der Waals surface area contributed by atoms with Crippen LogP contribution in [0, 0.1) is 0 Å². The maximum absolute atomic E-state index is 12.8. The third-order valence-corrected chi connectivity index (χ3v) is 4.39. The summed E-state index contributed by atoms with van der Waals surface area (Å²) in [5, 5.41) is 1.53. The minimum absolute atomic E-state index is 0.265. The summed E-state index contributed by atoms with van der Waals surface area (Å²) in [7, 11) is 0. The largest absolute Gasteiger partial charge is 0.487 e. The number of carbonyl (C=O) groups excluding carboxylic acids is 1. The number of aldehydes is 1. The summed E-state index contributed by atoms with van der Waals surface area (Å²) < 4.78 is 31.4. The van der Waals surface area contributed by atoms with Crippen LogP contribution in [-0.4, -0.2) is 42.4 Å². The van der Waals surface area contributed by atoms with Crippen LogP contribution in [0.2, 0.25) is 0 Å². The van der Waals surface area contributed by atoms with E-state index in [0.717, 1.165) is 42.5 Å². The van der Waals surface area contributed by atoms with Crippen molar-refractivity contribution in [1.29, 1.82) is 0 Å². The van der Waals surface area contributed by atoms with Gasteiger partial charge in [-0.25, -0.2) is 19.2 Å². The Bertz CT molecular complexity index is 690. The molecular weight excluding hydrogens is 376 g/mol. The van der Waals surface area contributed by atoms with E-state index in [2.05, 4.69) is 10.4 Å². The van der Waals surface area contributed by atoms with Crippen LogP contribution in [0.15, 0.2) is 41.2 Å². The van der Waals surface area contributed by atoms with Gasteiger partial charge in [0.1, 0.15) is 18.1 Å². The summed E-state index contributed by atoms with van der Waals surface area (Å²) in [6, 6.07) is 3.42. The second-order valence-electron chi connectivity index (χ2n) is 6.04. The van der Waals surface area contributed by atoms with Crippen molar-refractivity contribution in [3.8, 4) is 5.75 Å². The van der Waals surface area contributed by atoms with E-state index >= 15 is 0 Å². The molecule has 0 fully saturated rings. The molecule has 0 radical (unpaired) electrons. The fourth-order valence-electron chi connectivity index (χ4n) is 3.25. The van der Waals surface area contributed by atoms with Crippen LogP contribution in [0.25, 0.3) is 0 Å². The molecule has 1 aliphatic heterocycles. The summed E-state index contributed by atoms with van der Waals surface area (Å²) in [5.74, 6) is 0.442. The van der Waals surface area contributed by atoms with Crippen LogP contribution in [0.1, 0.15) is 63.9 Å². The molecule has 1 aromatic heterocycles. The van der Waals surface area contributed by atoms with Crippen molar-refractivity contribution in [1.82, 2.24) is 15.4 Å². The number of allylic oxidation sites excluding steroid dienone is 1. The lowest BCUT2D eigenvalue weighted by Gasteiger charge is -2.28. The van der Waals surface area contributed by atoms with E-state index in [1.807, 2.05) is 33.8 Å². The van der Waals surface area contributed by atoms with Crippen LogP contribution >= 0.6 is 0 Å². The van der Waals surface area contributed by atoms with Gasteiger partial charge in [0.2, 0.25) is 0 Å². The second-order valence-corrected chi connectivity index (χ2v) is 6.04. The second kappa shape index (κ2) is 13.8. The van der Waals surface area contributed by atoms with Crippen molar-refractivity contribution in [2.24, 2.45) is 0 Å². The van der Waals surface area contributed by atoms with E-state index in [1.165, 1.54) is 5.01 Å². The van der Waals surface area contributed by atoms with Crippen molar-refractivity contribution in [2.45, 2.75) is 59.8 Å². The number of aromatic nitrogens is 1. The number of pyridine rings is 1. The number of nitrogens with one attached hydrogen (secondary N) is 1. The lowest BCUT2D eigenvalue weighted by atomic mass is 9.90. The van der Waals surface area contributed by atoms with Gasteiger partial charge in [0.15, 0.2) is 6.29 Å². The monoisotopic (exact) mass is 409 g/mol. The highest BCUT2D eigenvalue weighted by Crippen LogP contribution is 2.33. The van der Waals surface area contributed by atoms with Gasteiger partial charge in [0.25, 0.3) is 6.43 Å². The molecule has 2 heterocycles. The number of hydrogen-bond donors (Lipinski definition) is 1. The Kier molecular flexibility index (Phi) is 11.8. The molecule has 0 amide bonds. The van der Waals surface area contributed by atoms with E-state index < -0.39 is 6.43 Å². The first kappa shape index (κ1) is 24.8. The molecule has 0 saturated carbocycles. The van der Waals surface area contributed by atoms with Gasteiger partial charge in [-0.05, 0) is 55.0 Å². The predicted octanol–water partition coefficient (Wildman–Crippen LogP) is 5.17. The van der Waals surface area contributed by atoms with E-state index in [0.29, 0.717) is 25.2 Å². The van der Waals surface area contributed by atoms with Gasteiger partial charge in [-0.15, -0.1) is 0 Å². The summed E-state index contributed by atoms with van der Waals surface area (Å²) in [4.78, 5) is 15.0. The molecule has 29 heavy (non-hydrogen) atoms. The zero-order valence-corrected chi connectivity index (χ0v) is 17.9. The summed E-state index contributed by atoms with van der Waals surface area (Å²) in [6.07, 6.45) is 5.55. The number of alkyl halides is 2. The Balaban J connectivity index is 0.000000989. The number of ether oxygens (including phenoxy) is 1. The molecule has 2 aliphatic rings. The Morgan fingerprint density at radius 2 is 1.97 bits per heavy atom. The first-order chi connectivity index (χ1) is 14.2. The Hall–Kier alpha value is -2.28. The number of carbonyl (C=O) groups is 1. The smallest absolute Gasteiger partial charge is 0.257 e. The van der Waals surface area contributed by atoms with Crippen molar-refractivity contribution in [3.63, 3.8) is 0 Å². The fraction of sp³-hybridized carbons (Fsp3) is 0.545. The van der Waals surface area contributed by atoms with Crippen LogP contribution in [-0.2, 0) is 0 Å². The number of halogens is 2. The fourth-order valence-corrected chi connectivity index (χ4v) is 3.25. The van der Waals surface area contributed by atoms with Gasteiger partial charge in [-0.1, -0.05) is 27.7 Å². The Morgan fingerprint density at radius 3 is 2.66 bits per heavy atom. The van der Waals surface area contributed by atoms with Gasteiger partial charge in [-0.2, -0.15) is 0 Å². The first-order valence-corrected chi connectivity index (χ1v) is 10.4. The molecule has 0 aromatic carbocycles. The topological polar surface area (TPSA) is 54.5 Å². The summed E-state index contributed by atoms with van der Waals surface area (Å²) in [5.41, 5.74) is 6.25. The molecule has 0 spiro atoms. The van der Waals surface area contributed by atoms with Gasteiger partial charge >= 0.3 is 0 Å². The van der Waals surface area contributed by atoms with Gasteiger partial charge in [0, 0.05) is 12.7 Å². The molecule has 162 valence electrons. The molecule has 1 aliphatic carbocycles. The quantitative estimate of drug-likeness (QED) is 0.630. The van der Waals surface area contributed by atoms with Crippen LogP contribution in [0.5, 0.6) is 5.75 Å². The van der Waals surface area contributed by atoms with Gasteiger partial charge < -0.3 is 9.75 Å². The Labute approximate surface area is 172 Å². The number of hydrazine groups is 1. The lowest BCUT2D eigenvalue weighted by Crippen LogP contribution is -2.36. The maximum atomic E-state index is 12.8. The van der Waals surface area contributed by atoms with Crippen LogP contribution < -0.4 is 10.2 Å². The predicted molar refractivity (Wildman–Crippen MR) is 112 cm³/mol. The highest BCUT2D eigenvalue weighted by atomic mass is 19.3. The number of hydrogen-bond acceptors (Lipinski definition) is 5. The molecule has 1 N–H and O–H groups in total. The number of rotatable bonds is 7. The number of nitrogens with zero attached hydrogens (tertiary/aromatic N) is 2. The SMILES string of the molecule is CC.CC.O=Cc1ncccc1OCC1=C(C2=CCNN2CC(F)F)CCCC1. The minimum atomic E-state index is -2.40. The molecule has 3 rings (SSSR count). The van der Waals surface area contributed by atoms with Gasteiger partial charge in [-0.3, -0.25) is 4.79 Å². The average Bonchev–Trinajstić information content (AvgIpc) is 3.22.